The molecule has 2 heterocycles. The maximum absolute atomic E-state index is 11.9. The van der Waals surface area contributed by atoms with Gasteiger partial charge in [-0.2, -0.15) is 15.3 Å². The molecule has 6 nitrogen and oxygen atoms in total. The highest BCUT2D eigenvalue weighted by atomic mass is 16.1. The highest BCUT2D eigenvalue weighted by Gasteiger charge is 2.39. The van der Waals surface area contributed by atoms with Crippen molar-refractivity contribution in [2.45, 2.75) is 69.5 Å². The molecular weight excluding hydrogens is 302 g/mol. The topological polar surface area (TPSA) is 71.6 Å². The van der Waals surface area contributed by atoms with E-state index in [1.165, 1.54) is 25.7 Å². The molecule has 1 aliphatic heterocycles. The van der Waals surface area contributed by atoms with Crippen molar-refractivity contribution in [3.05, 3.63) is 18.0 Å². The lowest BCUT2D eigenvalue weighted by Crippen LogP contribution is -2.27. The quantitative estimate of drug-likeness (QED) is 0.708. The van der Waals surface area contributed by atoms with Gasteiger partial charge in [0.1, 0.15) is 0 Å². The summed E-state index contributed by atoms with van der Waals surface area (Å²) >= 11 is 0. The van der Waals surface area contributed by atoms with Crippen LogP contribution in [0, 0.1) is 12.3 Å². The number of hydrogen-bond acceptors (Lipinski definition) is 4. The van der Waals surface area contributed by atoms with Crippen LogP contribution in [0.3, 0.4) is 0 Å². The molecule has 0 spiro atoms. The Hall–Kier alpha value is -2.16. The molecule has 0 aromatic carbocycles. The first kappa shape index (κ1) is 16.7. The normalized spacial score (nSPS) is 18.5. The van der Waals surface area contributed by atoms with Crippen LogP contribution in [0.4, 0.5) is 0 Å². The Morgan fingerprint density at radius 1 is 1.38 bits per heavy atom. The van der Waals surface area contributed by atoms with Crippen molar-refractivity contribution in [3.63, 3.8) is 0 Å². The highest BCUT2D eigenvalue weighted by Crippen LogP contribution is 2.37. The molecular formula is C18H25N5O. The first-order valence-electron chi connectivity index (χ1n) is 8.89. The summed E-state index contributed by atoms with van der Waals surface area (Å²) in [6, 6.07) is 2.62. The van der Waals surface area contributed by atoms with E-state index < -0.39 is 0 Å². The zero-order chi connectivity index (χ0) is 16.8. The van der Waals surface area contributed by atoms with Gasteiger partial charge in [-0.25, -0.2) is 0 Å². The van der Waals surface area contributed by atoms with Crippen molar-refractivity contribution < 1.29 is 4.79 Å². The molecule has 3 rings (SSSR count). The second kappa shape index (κ2) is 7.61. The molecule has 1 aliphatic carbocycles. The van der Waals surface area contributed by atoms with E-state index in [4.69, 9.17) is 6.42 Å². The maximum atomic E-state index is 11.9. The first-order valence-corrected chi connectivity index (χ1v) is 8.89. The molecule has 24 heavy (non-hydrogen) atoms. The molecule has 0 unspecified atom stereocenters. The number of nitrogens with one attached hydrogen (secondary N) is 1. The number of nitrogens with zero attached hydrogens (tertiary/aromatic N) is 4. The standard InChI is InChI=1S/C18H25N5O/c1-2-3-11-18(21-22-18)12-8-17(24)19-13-9-15-10-14-23(20-15)16-6-4-5-7-16/h1,10,14,16H,3-9,11-13H2,(H,19,24). The monoisotopic (exact) mass is 327 g/mol. The molecule has 1 saturated carbocycles. The molecule has 0 atom stereocenters. The highest BCUT2D eigenvalue weighted by molar-refractivity contribution is 5.76. The second-order valence-electron chi connectivity index (χ2n) is 6.71. The molecule has 1 aromatic rings. The van der Waals surface area contributed by atoms with Gasteiger partial charge in [-0.05, 0) is 18.9 Å². The molecule has 0 bridgehead atoms. The van der Waals surface area contributed by atoms with Crippen molar-refractivity contribution in [1.29, 1.82) is 0 Å². The van der Waals surface area contributed by atoms with Crippen molar-refractivity contribution in [2.24, 2.45) is 10.2 Å². The van der Waals surface area contributed by atoms with Gasteiger partial charge in [-0.1, -0.05) is 12.8 Å². The van der Waals surface area contributed by atoms with E-state index in [1.807, 2.05) is 0 Å². The fraction of sp³-hybridized carbons (Fsp3) is 0.667. The van der Waals surface area contributed by atoms with E-state index in [0.717, 1.165) is 18.5 Å². The number of aromatic nitrogens is 2. The minimum Gasteiger partial charge on any atom is -0.356 e. The van der Waals surface area contributed by atoms with Crippen molar-refractivity contribution >= 4 is 5.91 Å². The van der Waals surface area contributed by atoms with Crippen LogP contribution in [0.2, 0.25) is 0 Å². The van der Waals surface area contributed by atoms with Gasteiger partial charge in [-0.3, -0.25) is 9.48 Å². The molecule has 128 valence electrons. The molecule has 1 amide bonds. The minimum atomic E-state index is -0.371. The van der Waals surface area contributed by atoms with Gasteiger partial charge in [0.05, 0.1) is 11.7 Å². The SMILES string of the molecule is C#CCCC1(CCC(=O)NCCc2ccn(C3CCCC3)n2)N=N1. The summed E-state index contributed by atoms with van der Waals surface area (Å²) in [5, 5.41) is 15.7. The van der Waals surface area contributed by atoms with E-state index in [0.29, 0.717) is 31.8 Å². The maximum Gasteiger partial charge on any atom is 0.220 e. The van der Waals surface area contributed by atoms with Gasteiger partial charge >= 0.3 is 0 Å². The number of carbonyl (C=O) groups is 1. The van der Waals surface area contributed by atoms with Crippen molar-refractivity contribution in [2.75, 3.05) is 6.54 Å². The van der Waals surface area contributed by atoms with Gasteiger partial charge in [0.15, 0.2) is 5.66 Å². The molecule has 0 saturated heterocycles. The average Bonchev–Trinajstić information content (AvgIpc) is 2.99. The van der Waals surface area contributed by atoms with Crippen LogP contribution in [0.1, 0.15) is 63.1 Å². The summed E-state index contributed by atoms with van der Waals surface area (Å²) in [5.41, 5.74) is 0.670. The summed E-state index contributed by atoms with van der Waals surface area (Å²) in [7, 11) is 0. The average molecular weight is 327 g/mol. The van der Waals surface area contributed by atoms with Gasteiger partial charge in [-0.15, -0.1) is 12.3 Å². The molecule has 1 fully saturated rings. The van der Waals surface area contributed by atoms with Crippen LogP contribution in [0.15, 0.2) is 22.5 Å². The number of amides is 1. The van der Waals surface area contributed by atoms with Crippen LogP contribution in [0.5, 0.6) is 0 Å². The third-order valence-electron chi connectivity index (χ3n) is 4.87. The fourth-order valence-corrected chi connectivity index (χ4v) is 3.28. The van der Waals surface area contributed by atoms with Gasteiger partial charge in [0, 0.05) is 44.8 Å². The van der Waals surface area contributed by atoms with Crippen LogP contribution in [0.25, 0.3) is 0 Å². The zero-order valence-electron chi connectivity index (χ0n) is 14.1. The van der Waals surface area contributed by atoms with Gasteiger partial charge < -0.3 is 5.32 Å². The third kappa shape index (κ3) is 4.44. The third-order valence-corrected chi connectivity index (χ3v) is 4.87. The summed E-state index contributed by atoms with van der Waals surface area (Å²) in [5.74, 6) is 2.64. The van der Waals surface area contributed by atoms with Crippen LogP contribution >= 0.6 is 0 Å². The van der Waals surface area contributed by atoms with E-state index in [1.54, 1.807) is 0 Å². The Morgan fingerprint density at radius 3 is 2.88 bits per heavy atom. The smallest absolute Gasteiger partial charge is 0.220 e. The first-order chi connectivity index (χ1) is 11.7. The lowest BCUT2D eigenvalue weighted by molar-refractivity contribution is -0.121. The Kier molecular flexibility index (Phi) is 5.29. The second-order valence-corrected chi connectivity index (χ2v) is 6.71. The zero-order valence-corrected chi connectivity index (χ0v) is 14.1. The summed E-state index contributed by atoms with van der Waals surface area (Å²) < 4.78 is 2.09. The number of terminal acetylenes is 1. The van der Waals surface area contributed by atoms with Crippen molar-refractivity contribution in [3.8, 4) is 12.3 Å². The Bertz CT molecular complexity index is 630. The van der Waals surface area contributed by atoms with E-state index in [2.05, 4.69) is 43.5 Å². The molecule has 2 aliphatic rings. The summed E-state index contributed by atoms with van der Waals surface area (Å²) in [6.07, 6.45) is 15.6. The Labute approximate surface area is 143 Å². The molecule has 6 heteroatoms. The van der Waals surface area contributed by atoms with Gasteiger partial charge in [0.25, 0.3) is 0 Å². The number of carbonyl (C=O) groups excluding carboxylic acids is 1. The molecule has 1 aromatic heterocycles. The summed E-state index contributed by atoms with van der Waals surface area (Å²) in [6.45, 7) is 0.617. The fourth-order valence-electron chi connectivity index (χ4n) is 3.28. The largest absolute Gasteiger partial charge is 0.356 e. The lowest BCUT2D eigenvalue weighted by Gasteiger charge is -2.09. The Balaban J connectivity index is 1.33. The van der Waals surface area contributed by atoms with E-state index >= 15 is 0 Å². The van der Waals surface area contributed by atoms with Gasteiger partial charge in [0.2, 0.25) is 5.91 Å². The molecule has 1 N–H and O–H groups in total. The Morgan fingerprint density at radius 2 is 2.17 bits per heavy atom. The minimum absolute atomic E-state index is 0.0441. The molecule has 0 radical (unpaired) electrons. The lowest BCUT2D eigenvalue weighted by atomic mass is 10.0. The predicted octanol–water partition coefficient (Wildman–Crippen LogP) is 3.01. The van der Waals surface area contributed by atoms with E-state index in [9.17, 15) is 4.79 Å². The van der Waals surface area contributed by atoms with Crippen LogP contribution in [-0.4, -0.2) is 27.9 Å². The van der Waals surface area contributed by atoms with Crippen LogP contribution in [-0.2, 0) is 11.2 Å². The number of rotatable bonds is 9. The predicted molar refractivity (Wildman–Crippen MR) is 91.3 cm³/mol. The van der Waals surface area contributed by atoms with E-state index in [-0.39, 0.29) is 11.6 Å². The van der Waals surface area contributed by atoms with Crippen molar-refractivity contribution in [1.82, 2.24) is 15.1 Å². The summed E-state index contributed by atoms with van der Waals surface area (Å²) in [4.78, 5) is 11.9. The van der Waals surface area contributed by atoms with Crippen LogP contribution < -0.4 is 5.32 Å². The number of hydrogen-bond donors (Lipinski definition) is 1.